The van der Waals surface area contributed by atoms with Gasteiger partial charge in [0.15, 0.2) is 0 Å². The highest BCUT2D eigenvalue weighted by Crippen LogP contribution is 2.41. The number of nitrogens with one attached hydrogen (secondary N) is 1. The molecule has 0 unspecified atom stereocenters. The van der Waals surface area contributed by atoms with Gasteiger partial charge in [0.1, 0.15) is 28.5 Å². The maximum atomic E-state index is 14.7. The first-order valence-electron chi connectivity index (χ1n) is 12.7. The number of phenols is 1. The Bertz CT molecular complexity index is 1700. The Morgan fingerprint density at radius 3 is 2.66 bits per heavy atom. The molecule has 0 bridgehead atoms. The standard InChI is InChI=1S/C29H27FN4O4/c1-4-19-21(30)8-7-17-13-18(35)14-20(22(17)19)25-16(2)24-23(27(36)38-25)26(33-28(32-24)37-3)31-15-29(9-5-10-29)34-11-6-12-34/h1,7-8,13-14,35H,5-6,9-12,15H2,2-3H3,(H,31,32,33). The van der Waals surface area contributed by atoms with Crippen LogP contribution in [0.1, 0.15) is 36.8 Å². The Labute approximate surface area is 218 Å². The molecule has 9 heteroatoms. The smallest absolute Gasteiger partial charge is 0.349 e. The minimum Gasteiger partial charge on any atom is -0.508 e. The summed E-state index contributed by atoms with van der Waals surface area (Å²) in [7, 11) is 1.46. The van der Waals surface area contributed by atoms with E-state index in [1.807, 2.05) is 0 Å². The summed E-state index contributed by atoms with van der Waals surface area (Å²) in [6, 6.07) is 5.75. The van der Waals surface area contributed by atoms with Crippen LogP contribution >= 0.6 is 0 Å². The lowest BCUT2D eigenvalue weighted by molar-refractivity contribution is -0.0181. The molecule has 1 saturated heterocycles. The molecular weight excluding hydrogens is 487 g/mol. The molecule has 2 aliphatic rings. The van der Waals surface area contributed by atoms with Crippen LogP contribution in [0, 0.1) is 25.1 Å². The van der Waals surface area contributed by atoms with Gasteiger partial charge in [0, 0.05) is 28.6 Å². The maximum Gasteiger partial charge on any atom is 0.349 e. The summed E-state index contributed by atoms with van der Waals surface area (Å²) in [5, 5.41) is 14.9. The van der Waals surface area contributed by atoms with Gasteiger partial charge in [-0.05, 0) is 69.3 Å². The lowest BCUT2D eigenvalue weighted by Crippen LogP contribution is -2.62. The van der Waals surface area contributed by atoms with E-state index in [4.69, 9.17) is 15.6 Å². The number of hydrogen-bond donors (Lipinski definition) is 2. The number of anilines is 1. The number of halogens is 1. The number of benzene rings is 2. The zero-order valence-electron chi connectivity index (χ0n) is 21.2. The fraction of sp³-hybridized carbons (Fsp3) is 0.345. The molecule has 3 heterocycles. The summed E-state index contributed by atoms with van der Waals surface area (Å²) in [4.78, 5) is 24.9. The minimum absolute atomic E-state index is 0.0130. The van der Waals surface area contributed by atoms with E-state index in [-0.39, 0.29) is 34.0 Å². The van der Waals surface area contributed by atoms with Crippen molar-refractivity contribution in [2.24, 2.45) is 0 Å². The molecule has 1 aliphatic heterocycles. The Balaban J connectivity index is 1.53. The average Bonchev–Trinajstić information content (AvgIpc) is 2.85. The van der Waals surface area contributed by atoms with Gasteiger partial charge in [0.05, 0.1) is 18.2 Å². The summed E-state index contributed by atoms with van der Waals surface area (Å²) in [5.41, 5.74) is 0.554. The predicted molar refractivity (Wildman–Crippen MR) is 143 cm³/mol. The number of aryl methyl sites for hydroxylation is 1. The van der Waals surface area contributed by atoms with Crippen molar-refractivity contribution in [3.8, 4) is 35.4 Å². The summed E-state index contributed by atoms with van der Waals surface area (Å²) < 4.78 is 25.9. The highest BCUT2D eigenvalue weighted by Gasteiger charge is 2.44. The van der Waals surface area contributed by atoms with E-state index in [9.17, 15) is 14.3 Å². The predicted octanol–water partition coefficient (Wildman–Crippen LogP) is 4.59. The Kier molecular flexibility index (Phi) is 5.73. The minimum atomic E-state index is -0.660. The summed E-state index contributed by atoms with van der Waals surface area (Å²) in [6.45, 7) is 4.55. The van der Waals surface area contributed by atoms with Crippen molar-refractivity contribution in [1.82, 2.24) is 14.9 Å². The van der Waals surface area contributed by atoms with Crippen molar-refractivity contribution in [3.63, 3.8) is 0 Å². The summed E-state index contributed by atoms with van der Waals surface area (Å²) in [6.07, 6.45) is 10.2. The number of methoxy groups -OCH3 is 1. The van der Waals surface area contributed by atoms with E-state index in [1.54, 1.807) is 6.92 Å². The second kappa shape index (κ2) is 8.99. The zero-order valence-corrected chi connectivity index (χ0v) is 21.2. The number of aromatic hydroxyl groups is 1. The average molecular weight is 515 g/mol. The molecule has 194 valence electrons. The molecule has 0 spiro atoms. The number of hydrogen-bond acceptors (Lipinski definition) is 8. The molecule has 0 amide bonds. The van der Waals surface area contributed by atoms with E-state index in [0.29, 0.717) is 39.8 Å². The lowest BCUT2D eigenvalue weighted by Gasteiger charge is -2.54. The molecule has 2 fully saturated rings. The largest absolute Gasteiger partial charge is 0.508 e. The van der Waals surface area contributed by atoms with Crippen LogP contribution < -0.4 is 15.7 Å². The molecule has 38 heavy (non-hydrogen) atoms. The summed E-state index contributed by atoms with van der Waals surface area (Å²) in [5.74, 6) is 2.20. The van der Waals surface area contributed by atoms with Crippen molar-refractivity contribution in [2.75, 3.05) is 32.1 Å². The molecule has 2 aromatic carbocycles. The number of ether oxygens (including phenoxy) is 1. The first-order valence-corrected chi connectivity index (χ1v) is 12.7. The highest BCUT2D eigenvalue weighted by molar-refractivity contribution is 6.03. The summed E-state index contributed by atoms with van der Waals surface area (Å²) >= 11 is 0. The van der Waals surface area contributed by atoms with Gasteiger partial charge in [-0.3, -0.25) is 4.90 Å². The van der Waals surface area contributed by atoms with Crippen molar-refractivity contribution in [3.05, 3.63) is 51.6 Å². The van der Waals surface area contributed by atoms with Crippen LogP contribution in [0.4, 0.5) is 10.2 Å². The zero-order chi connectivity index (χ0) is 26.6. The van der Waals surface area contributed by atoms with Gasteiger partial charge in [0.2, 0.25) is 0 Å². The Hall–Kier alpha value is -4.16. The Morgan fingerprint density at radius 1 is 1.24 bits per heavy atom. The number of aromatic nitrogens is 2. The lowest BCUT2D eigenvalue weighted by atomic mass is 9.73. The van der Waals surface area contributed by atoms with Gasteiger partial charge >= 0.3 is 11.6 Å². The fourth-order valence-electron chi connectivity index (χ4n) is 5.68. The van der Waals surface area contributed by atoms with Gasteiger partial charge < -0.3 is 19.6 Å². The second-order valence-corrected chi connectivity index (χ2v) is 10.1. The van der Waals surface area contributed by atoms with Gasteiger partial charge in [-0.1, -0.05) is 12.0 Å². The van der Waals surface area contributed by atoms with Crippen LogP contribution in [0.2, 0.25) is 0 Å². The number of terminal acetylenes is 1. The first-order chi connectivity index (χ1) is 18.3. The fourth-order valence-corrected chi connectivity index (χ4v) is 5.68. The molecule has 2 N–H and O–H groups in total. The second-order valence-electron chi connectivity index (χ2n) is 10.1. The monoisotopic (exact) mass is 514 g/mol. The number of fused-ring (bicyclic) bond motifs is 2. The third-order valence-electron chi connectivity index (χ3n) is 8.00. The molecule has 1 aliphatic carbocycles. The van der Waals surface area contributed by atoms with Gasteiger partial charge in [0.25, 0.3) is 0 Å². The number of nitrogens with zero attached hydrogens (tertiary/aromatic N) is 3. The quantitative estimate of drug-likeness (QED) is 0.361. The molecule has 2 aromatic heterocycles. The molecule has 0 atom stereocenters. The van der Waals surface area contributed by atoms with Gasteiger partial charge in [-0.2, -0.15) is 9.97 Å². The van der Waals surface area contributed by atoms with Crippen LogP contribution in [-0.2, 0) is 0 Å². The van der Waals surface area contributed by atoms with E-state index < -0.39 is 11.4 Å². The van der Waals surface area contributed by atoms with Crippen LogP contribution in [0.3, 0.4) is 0 Å². The highest BCUT2D eigenvalue weighted by atomic mass is 19.1. The van der Waals surface area contributed by atoms with E-state index in [0.717, 1.165) is 25.9 Å². The van der Waals surface area contributed by atoms with E-state index in [1.165, 1.54) is 44.2 Å². The molecule has 6 rings (SSSR count). The van der Waals surface area contributed by atoms with E-state index >= 15 is 0 Å². The van der Waals surface area contributed by atoms with Crippen LogP contribution in [0.5, 0.6) is 11.8 Å². The van der Waals surface area contributed by atoms with Crippen LogP contribution in [0.25, 0.3) is 33.0 Å². The molecule has 4 aromatic rings. The normalized spacial score (nSPS) is 16.6. The van der Waals surface area contributed by atoms with Gasteiger partial charge in [-0.15, -0.1) is 6.42 Å². The Morgan fingerprint density at radius 2 is 2.03 bits per heavy atom. The third-order valence-corrected chi connectivity index (χ3v) is 8.00. The first kappa shape index (κ1) is 24.2. The van der Waals surface area contributed by atoms with Crippen molar-refractivity contribution in [1.29, 1.82) is 0 Å². The number of phenolic OH excluding ortho intramolecular Hbond substituents is 1. The van der Waals surface area contributed by atoms with E-state index in [2.05, 4.69) is 26.1 Å². The van der Waals surface area contributed by atoms with Crippen molar-refractivity contribution >= 4 is 27.5 Å². The van der Waals surface area contributed by atoms with Crippen LogP contribution in [0.15, 0.2) is 33.5 Å². The van der Waals surface area contributed by atoms with Crippen molar-refractivity contribution in [2.45, 2.75) is 38.1 Å². The molecular formula is C29H27FN4O4. The number of likely N-dealkylation sites (tertiary alicyclic amines) is 1. The van der Waals surface area contributed by atoms with Crippen molar-refractivity contribution < 1.29 is 18.7 Å². The SMILES string of the molecule is C#Cc1c(F)ccc2cc(O)cc(-c3oc(=O)c4c(NCC5(N6CCC6)CCC5)nc(OC)nc4c3C)c12. The topological polar surface area (TPSA) is 101 Å². The van der Waals surface area contributed by atoms with Crippen LogP contribution in [-0.4, -0.2) is 52.3 Å². The number of rotatable bonds is 6. The maximum absolute atomic E-state index is 14.7. The third kappa shape index (κ3) is 3.67. The molecule has 8 nitrogen and oxygen atoms in total. The molecule has 0 radical (unpaired) electrons. The molecule has 1 saturated carbocycles. The van der Waals surface area contributed by atoms with Gasteiger partial charge in [-0.25, -0.2) is 9.18 Å².